The van der Waals surface area contributed by atoms with Gasteiger partial charge in [-0.2, -0.15) is 0 Å². The van der Waals surface area contributed by atoms with E-state index in [2.05, 4.69) is 11.4 Å². The molecule has 0 spiro atoms. The van der Waals surface area contributed by atoms with Gasteiger partial charge in [-0.25, -0.2) is 4.39 Å². The zero-order chi connectivity index (χ0) is 13.8. The Hall–Kier alpha value is -1.87. The minimum absolute atomic E-state index is 0.208. The van der Waals surface area contributed by atoms with Gasteiger partial charge in [0.2, 0.25) is 0 Å². The lowest BCUT2D eigenvalue weighted by molar-refractivity contribution is 0.610. The summed E-state index contributed by atoms with van der Waals surface area (Å²) in [6, 6.07) is 11.3. The molecule has 0 amide bonds. The van der Waals surface area contributed by atoms with Gasteiger partial charge in [0.1, 0.15) is 5.82 Å². The average Bonchev–Trinajstić information content (AvgIpc) is 2.32. The van der Waals surface area contributed by atoms with E-state index in [1.807, 2.05) is 32.0 Å². The van der Waals surface area contributed by atoms with Crippen molar-refractivity contribution in [2.24, 2.45) is 5.73 Å². The Labute approximate surface area is 113 Å². The number of hydrogen-bond acceptors (Lipinski definition) is 2. The summed E-state index contributed by atoms with van der Waals surface area (Å²) in [5.74, 6) is -0.208. The number of aryl methyl sites for hydroxylation is 2. The second-order valence-corrected chi connectivity index (χ2v) is 4.81. The van der Waals surface area contributed by atoms with Crippen LogP contribution in [0.3, 0.4) is 0 Å². The van der Waals surface area contributed by atoms with E-state index in [9.17, 15) is 4.39 Å². The second-order valence-electron chi connectivity index (χ2n) is 4.81. The summed E-state index contributed by atoms with van der Waals surface area (Å²) in [5, 5.41) is 3.28. The highest BCUT2D eigenvalue weighted by atomic mass is 19.1. The Morgan fingerprint density at radius 1 is 1.11 bits per heavy atom. The van der Waals surface area contributed by atoms with E-state index in [0.717, 1.165) is 11.4 Å². The second kappa shape index (κ2) is 5.85. The summed E-state index contributed by atoms with van der Waals surface area (Å²) < 4.78 is 13.8. The topological polar surface area (TPSA) is 38.0 Å². The first-order valence-electron chi connectivity index (χ1n) is 6.43. The van der Waals surface area contributed by atoms with Gasteiger partial charge in [0.25, 0.3) is 0 Å². The molecule has 0 unspecified atom stereocenters. The Morgan fingerprint density at radius 2 is 1.79 bits per heavy atom. The Morgan fingerprint density at radius 3 is 2.42 bits per heavy atom. The summed E-state index contributed by atoms with van der Waals surface area (Å²) in [4.78, 5) is 0. The summed E-state index contributed by atoms with van der Waals surface area (Å²) >= 11 is 0. The van der Waals surface area contributed by atoms with E-state index in [-0.39, 0.29) is 5.82 Å². The third-order valence-electron chi connectivity index (χ3n) is 3.01. The van der Waals surface area contributed by atoms with Gasteiger partial charge >= 0.3 is 0 Å². The molecule has 2 aromatic carbocycles. The predicted octanol–water partition coefficient (Wildman–Crippen LogP) is 3.69. The molecule has 100 valence electrons. The fourth-order valence-electron chi connectivity index (χ4n) is 2.28. The molecule has 2 rings (SSSR count). The maximum Gasteiger partial charge on any atom is 0.128 e. The van der Waals surface area contributed by atoms with Crippen molar-refractivity contribution in [2.75, 3.05) is 11.9 Å². The molecular weight excluding hydrogens is 239 g/mol. The van der Waals surface area contributed by atoms with E-state index in [0.29, 0.717) is 18.5 Å². The number of anilines is 2. The van der Waals surface area contributed by atoms with Crippen LogP contribution in [0.4, 0.5) is 15.8 Å². The first-order chi connectivity index (χ1) is 9.10. The van der Waals surface area contributed by atoms with E-state index in [1.54, 1.807) is 6.07 Å². The van der Waals surface area contributed by atoms with E-state index < -0.39 is 0 Å². The van der Waals surface area contributed by atoms with Crippen LogP contribution in [0.15, 0.2) is 36.4 Å². The molecule has 0 heterocycles. The lowest BCUT2D eigenvalue weighted by atomic mass is 10.1. The first kappa shape index (κ1) is 13.6. The third kappa shape index (κ3) is 3.32. The van der Waals surface area contributed by atoms with Crippen LogP contribution >= 0.6 is 0 Å². The van der Waals surface area contributed by atoms with Gasteiger partial charge in [-0.15, -0.1) is 0 Å². The molecule has 0 saturated carbocycles. The standard InChI is InChI=1S/C16H19FN2/c1-11-8-12(2)10-13(9-11)19-16-5-3-4-15(17)14(16)6-7-18/h3-5,8-10,19H,6-7,18H2,1-2H3. The molecule has 0 aromatic heterocycles. The van der Waals surface area contributed by atoms with Crippen LogP contribution in [0.2, 0.25) is 0 Å². The smallest absolute Gasteiger partial charge is 0.128 e. The molecule has 0 bridgehead atoms. The number of halogens is 1. The maximum absolute atomic E-state index is 13.8. The lowest BCUT2D eigenvalue weighted by Gasteiger charge is -2.13. The highest BCUT2D eigenvalue weighted by Gasteiger charge is 2.08. The fourth-order valence-corrected chi connectivity index (χ4v) is 2.28. The van der Waals surface area contributed by atoms with Gasteiger partial charge < -0.3 is 11.1 Å². The van der Waals surface area contributed by atoms with E-state index >= 15 is 0 Å². The van der Waals surface area contributed by atoms with Crippen LogP contribution in [0.1, 0.15) is 16.7 Å². The molecule has 3 heteroatoms. The van der Waals surface area contributed by atoms with Crippen LogP contribution in [-0.2, 0) is 6.42 Å². The van der Waals surface area contributed by atoms with Crippen LogP contribution < -0.4 is 11.1 Å². The number of hydrogen-bond donors (Lipinski definition) is 2. The quantitative estimate of drug-likeness (QED) is 0.877. The van der Waals surface area contributed by atoms with Gasteiger partial charge in [-0.05, 0) is 62.2 Å². The number of rotatable bonds is 4. The lowest BCUT2D eigenvalue weighted by Crippen LogP contribution is -2.07. The Bertz CT molecular complexity index is 559. The molecule has 0 fully saturated rings. The van der Waals surface area contributed by atoms with Gasteiger partial charge in [0.05, 0.1) is 0 Å². The number of benzene rings is 2. The van der Waals surface area contributed by atoms with Crippen molar-refractivity contribution in [3.05, 3.63) is 58.9 Å². The Balaban J connectivity index is 2.34. The minimum atomic E-state index is -0.208. The molecule has 0 saturated heterocycles. The SMILES string of the molecule is Cc1cc(C)cc(Nc2cccc(F)c2CCN)c1. The highest BCUT2D eigenvalue weighted by Crippen LogP contribution is 2.25. The van der Waals surface area contributed by atoms with Crippen molar-refractivity contribution in [2.45, 2.75) is 20.3 Å². The van der Waals surface area contributed by atoms with Crippen molar-refractivity contribution >= 4 is 11.4 Å². The molecule has 0 radical (unpaired) electrons. The van der Waals surface area contributed by atoms with Crippen LogP contribution in [-0.4, -0.2) is 6.54 Å². The molecular formula is C16H19FN2. The van der Waals surface area contributed by atoms with Crippen molar-refractivity contribution in [3.8, 4) is 0 Å². The van der Waals surface area contributed by atoms with Crippen LogP contribution in [0.25, 0.3) is 0 Å². The molecule has 3 N–H and O–H groups in total. The van der Waals surface area contributed by atoms with Crippen LogP contribution in [0.5, 0.6) is 0 Å². The normalized spacial score (nSPS) is 10.5. The van der Waals surface area contributed by atoms with Crippen molar-refractivity contribution in [3.63, 3.8) is 0 Å². The van der Waals surface area contributed by atoms with Gasteiger partial charge in [0, 0.05) is 16.9 Å². The molecule has 2 aromatic rings. The average molecular weight is 258 g/mol. The molecule has 0 aliphatic heterocycles. The van der Waals surface area contributed by atoms with E-state index in [1.165, 1.54) is 17.2 Å². The number of nitrogens with one attached hydrogen (secondary N) is 1. The fraction of sp³-hybridized carbons (Fsp3) is 0.250. The summed E-state index contributed by atoms with van der Waals surface area (Å²) in [6.07, 6.45) is 0.528. The van der Waals surface area contributed by atoms with Gasteiger partial charge in [0.15, 0.2) is 0 Å². The third-order valence-corrected chi connectivity index (χ3v) is 3.01. The molecule has 0 aliphatic carbocycles. The maximum atomic E-state index is 13.8. The molecule has 2 nitrogen and oxygen atoms in total. The van der Waals surface area contributed by atoms with Gasteiger partial charge in [-0.3, -0.25) is 0 Å². The summed E-state index contributed by atoms with van der Waals surface area (Å²) in [5.41, 5.74) is 10.3. The first-order valence-corrected chi connectivity index (χ1v) is 6.43. The van der Waals surface area contributed by atoms with Crippen molar-refractivity contribution < 1.29 is 4.39 Å². The Kier molecular flexibility index (Phi) is 4.17. The summed E-state index contributed by atoms with van der Waals surface area (Å²) in [6.45, 7) is 4.53. The molecule has 0 atom stereocenters. The van der Waals surface area contributed by atoms with Gasteiger partial charge in [-0.1, -0.05) is 12.1 Å². The predicted molar refractivity (Wildman–Crippen MR) is 78.4 cm³/mol. The zero-order valence-electron chi connectivity index (χ0n) is 11.3. The zero-order valence-corrected chi connectivity index (χ0v) is 11.3. The molecule has 0 aliphatic rings. The monoisotopic (exact) mass is 258 g/mol. The highest BCUT2D eigenvalue weighted by molar-refractivity contribution is 5.64. The number of nitrogens with two attached hydrogens (primary N) is 1. The molecule has 19 heavy (non-hydrogen) atoms. The van der Waals surface area contributed by atoms with Crippen LogP contribution in [0, 0.1) is 19.7 Å². The minimum Gasteiger partial charge on any atom is -0.355 e. The van der Waals surface area contributed by atoms with Crippen molar-refractivity contribution in [1.82, 2.24) is 0 Å². The van der Waals surface area contributed by atoms with Crippen molar-refractivity contribution in [1.29, 1.82) is 0 Å². The summed E-state index contributed by atoms with van der Waals surface area (Å²) in [7, 11) is 0. The van der Waals surface area contributed by atoms with E-state index in [4.69, 9.17) is 5.73 Å². The largest absolute Gasteiger partial charge is 0.355 e.